The van der Waals surface area contributed by atoms with E-state index in [-0.39, 0.29) is 16.6 Å². The molecule has 1 aliphatic carbocycles. The second kappa shape index (κ2) is 1.96. The van der Waals surface area contributed by atoms with Crippen molar-refractivity contribution in [3.63, 3.8) is 0 Å². The minimum Gasteiger partial charge on any atom is -0.295 e. The molecule has 0 bridgehead atoms. The van der Waals surface area contributed by atoms with Crippen LogP contribution in [0.2, 0.25) is 0 Å². The Morgan fingerprint density at radius 1 is 1.27 bits per heavy atom. The maximum absolute atomic E-state index is 11.1. The zero-order valence-electron chi connectivity index (χ0n) is 7.99. The molecule has 0 aromatic rings. The Bertz CT molecular complexity index is 231. The lowest BCUT2D eigenvalue weighted by atomic mass is 9.54. The van der Waals surface area contributed by atoms with Gasteiger partial charge in [0.25, 0.3) is 0 Å². The van der Waals surface area contributed by atoms with E-state index in [0.717, 1.165) is 5.57 Å². The predicted molar refractivity (Wildman–Crippen MR) is 46.3 cm³/mol. The monoisotopic (exact) mass is 152 g/mol. The second-order valence-corrected chi connectivity index (χ2v) is 4.46. The molecule has 0 amide bonds. The first kappa shape index (κ1) is 8.51. The molecule has 0 unspecified atom stereocenters. The third-order valence-corrected chi connectivity index (χ3v) is 3.17. The van der Waals surface area contributed by atoms with Crippen LogP contribution in [0.3, 0.4) is 0 Å². The van der Waals surface area contributed by atoms with E-state index in [9.17, 15) is 4.79 Å². The van der Waals surface area contributed by atoms with Crippen LogP contribution in [0.15, 0.2) is 11.6 Å². The van der Waals surface area contributed by atoms with Crippen LogP contribution in [-0.2, 0) is 4.79 Å². The Morgan fingerprint density at radius 2 is 1.73 bits per heavy atom. The number of hydrogen-bond donors (Lipinski definition) is 0. The molecule has 0 aliphatic heterocycles. The third-order valence-electron chi connectivity index (χ3n) is 3.17. The summed E-state index contributed by atoms with van der Waals surface area (Å²) in [5, 5.41) is 0. The first-order valence-corrected chi connectivity index (χ1v) is 4.03. The minimum absolute atomic E-state index is 0.0683. The second-order valence-electron chi connectivity index (χ2n) is 4.46. The van der Waals surface area contributed by atoms with Crippen LogP contribution in [0.1, 0.15) is 34.6 Å². The van der Waals surface area contributed by atoms with Gasteiger partial charge in [-0.3, -0.25) is 4.79 Å². The molecule has 11 heavy (non-hydrogen) atoms. The standard InChI is InChI=1S/C10H16O/c1-7(11)8-6-9(2,3)10(8,4)5/h6H,1-5H3. The van der Waals surface area contributed by atoms with Gasteiger partial charge in [-0.1, -0.05) is 33.8 Å². The quantitative estimate of drug-likeness (QED) is 0.564. The van der Waals surface area contributed by atoms with Crippen molar-refractivity contribution in [1.29, 1.82) is 0 Å². The van der Waals surface area contributed by atoms with Gasteiger partial charge in [0, 0.05) is 5.41 Å². The number of Topliss-reactive ketones (excluding diaryl/α,β-unsaturated/α-hetero) is 1. The molecule has 0 atom stereocenters. The zero-order chi connectivity index (χ0) is 8.86. The number of ketones is 1. The summed E-state index contributed by atoms with van der Waals surface area (Å²) in [7, 11) is 0. The number of rotatable bonds is 1. The Balaban J connectivity index is 3.01. The number of hydrogen-bond acceptors (Lipinski definition) is 1. The fourth-order valence-electron chi connectivity index (χ4n) is 1.53. The SMILES string of the molecule is CC(=O)C1=CC(C)(C)C1(C)C. The molecule has 0 aromatic heterocycles. The van der Waals surface area contributed by atoms with E-state index in [0.29, 0.717) is 0 Å². The van der Waals surface area contributed by atoms with Crippen molar-refractivity contribution in [2.24, 2.45) is 10.8 Å². The predicted octanol–water partition coefficient (Wildman–Crippen LogP) is 2.57. The highest BCUT2D eigenvalue weighted by molar-refractivity contribution is 5.96. The molecule has 0 aromatic carbocycles. The summed E-state index contributed by atoms with van der Waals surface area (Å²) in [6.45, 7) is 10.2. The van der Waals surface area contributed by atoms with Crippen LogP contribution in [0.25, 0.3) is 0 Å². The average Bonchev–Trinajstić information content (AvgIpc) is 1.82. The first-order valence-electron chi connectivity index (χ1n) is 4.03. The topological polar surface area (TPSA) is 17.1 Å². The molecule has 1 nitrogen and oxygen atoms in total. The van der Waals surface area contributed by atoms with Gasteiger partial charge >= 0.3 is 0 Å². The van der Waals surface area contributed by atoms with Crippen molar-refractivity contribution >= 4 is 5.78 Å². The highest BCUT2D eigenvalue weighted by Gasteiger charge is 2.47. The van der Waals surface area contributed by atoms with Gasteiger partial charge in [0.15, 0.2) is 5.78 Å². The lowest BCUT2D eigenvalue weighted by Gasteiger charge is -2.49. The molecule has 0 heterocycles. The minimum atomic E-state index is 0.0683. The molecular formula is C10H16O. The van der Waals surface area contributed by atoms with Crippen LogP contribution < -0.4 is 0 Å². The summed E-state index contributed by atoms with van der Waals surface area (Å²) in [4.78, 5) is 11.1. The van der Waals surface area contributed by atoms with Crippen molar-refractivity contribution in [2.45, 2.75) is 34.6 Å². The largest absolute Gasteiger partial charge is 0.295 e. The van der Waals surface area contributed by atoms with Crippen LogP contribution in [0.4, 0.5) is 0 Å². The molecule has 1 aliphatic rings. The summed E-state index contributed by atoms with van der Waals surface area (Å²) in [6.07, 6.45) is 2.08. The van der Waals surface area contributed by atoms with E-state index in [2.05, 4.69) is 33.8 Å². The number of carbonyl (C=O) groups excluding carboxylic acids is 1. The molecule has 0 radical (unpaired) electrons. The molecule has 0 fully saturated rings. The Morgan fingerprint density at radius 3 is 1.82 bits per heavy atom. The molecule has 0 N–H and O–H groups in total. The Kier molecular flexibility index (Phi) is 1.52. The van der Waals surface area contributed by atoms with Gasteiger partial charge in [-0.25, -0.2) is 0 Å². The van der Waals surface area contributed by atoms with Gasteiger partial charge in [0.05, 0.1) is 0 Å². The van der Waals surface area contributed by atoms with E-state index in [1.807, 2.05) is 0 Å². The molecule has 1 rings (SSSR count). The van der Waals surface area contributed by atoms with E-state index in [1.165, 1.54) is 0 Å². The zero-order valence-corrected chi connectivity index (χ0v) is 7.99. The lowest BCUT2D eigenvalue weighted by molar-refractivity contribution is -0.116. The van der Waals surface area contributed by atoms with Crippen LogP contribution in [0, 0.1) is 10.8 Å². The molecule has 62 valence electrons. The first-order chi connectivity index (χ1) is 4.79. The maximum Gasteiger partial charge on any atom is 0.156 e. The van der Waals surface area contributed by atoms with Crippen molar-refractivity contribution < 1.29 is 4.79 Å². The van der Waals surface area contributed by atoms with Gasteiger partial charge in [-0.05, 0) is 17.9 Å². The third kappa shape index (κ3) is 0.943. The highest BCUT2D eigenvalue weighted by atomic mass is 16.1. The van der Waals surface area contributed by atoms with Gasteiger partial charge in [-0.15, -0.1) is 0 Å². The molecular weight excluding hydrogens is 136 g/mol. The Hall–Kier alpha value is -0.590. The van der Waals surface area contributed by atoms with E-state index < -0.39 is 0 Å². The molecule has 0 saturated carbocycles. The van der Waals surface area contributed by atoms with Crippen molar-refractivity contribution in [3.8, 4) is 0 Å². The molecule has 1 heteroatoms. The van der Waals surface area contributed by atoms with Crippen LogP contribution >= 0.6 is 0 Å². The van der Waals surface area contributed by atoms with Gasteiger partial charge in [0.1, 0.15) is 0 Å². The molecule has 0 saturated heterocycles. The van der Waals surface area contributed by atoms with E-state index >= 15 is 0 Å². The van der Waals surface area contributed by atoms with Gasteiger partial charge < -0.3 is 0 Å². The fraction of sp³-hybridized carbons (Fsp3) is 0.700. The van der Waals surface area contributed by atoms with Crippen molar-refractivity contribution in [3.05, 3.63) is 11.6 Å². The van der Waals surface area contributed by atoms with Crippen molar-refractivity contribution in [2.75, 3.05) is 0 Å². The highest BCUT2D eigenvalue weighted by Crippen LogP contribution is 2.54. The number of carbonyl (C=O) groups is 1. The van der Waals surface area contributed by atoms with E-state index in [1.54, 1.807) is 6.92 Å². The smallest absolute Gasteiger partial charge is 0.156 e. The normalized spacial score (nSPS) is 25.4. The van der Waals surface area contributed by atoms with Gasteiger partial charge in [0.2, 0.25) is 0 Å². The van der Waals surface area contributed by atoms with Gasteiger partial charge in [-0.2, -0.15) is 0 Å². The maximum atomic E-state index is 11.1. The van der Waals surface area contributed by atoms with Crippen LogP contribution in [-0.4, -0.2) is 5.78 Å². The fourth-order valence-corrected chi connectivity index (χ4v) is 1.53. The van der Waals surface area contributed by atoms with Crippen LogP contribution in [0.5, 0.6) is 0 Å². The Labute approximate surface area is 68.5 Å². The number of allylic oxidation sites excluding steroid dienone is 2. The average molecular weight is 152 g/mol. The summed E-state index contributed by atoms with van der Waals surface area (Å²) in [5.74, 6) is 0.217. The summed E-state index contributed by atoms with van der Waals surface area (Å²) in [5.41, 5.74) is 1.25. The van der Waals surface area contributed by atoms with E-state index in [4.69, 9.17) is 0 Å². The summed E-state index contributed by atoms with van der Waals surface area (Å²) in [6, 6.07) is 0. The summed E-state index contributed by atoms with van der Waals surface area (Å²) >= 11 is 0. The lowest BCUT2D eigenvalue weighted by Crippen LogP contribution is -2.43. The molecule has 0 spiro atoms. The summed E-state index contributed by atoms with van der Waals surface area (Å²) < 4.78 is 0. The van der Waals surface area contributed by atoms with Crippen molar-refractivity contribution in [1.82, 2.24) is 0 Å².